The van der Waals surface area contributed by atoms with Gasteiger partial charge in [0.2, 0.25) is 0 Å². The van der Waals surface area contributed by atoms with Crippen LogP contribution in [0.25, 0.3) is 5.82 Å². The van der Waals surface area contributed by atoms with Crippen molar-refractivity contribution in [1.82, 2.24) is 24.6 Å². The van der Waals surface area contributed by atoms with Crippen LogP contribution in [-0.4, -0.2) is 50.8 Å². The minimum atomic E-state index is -4.30. The number of piperazine rings is 1. The van der Waals surface area contributed by atoms with Crippen molar-refractivity contribution < 1.29 is 13.2 Å². The normalized spacial score (nSPS) is 15.7. The Labute approximate surface area is 166 Å². The molecular weight excluding hydrogens is 381 g/mol. The Hall–Kier alpha value is -2.94. The molecule has 9 heteroatoms. The van der Waals surface area contributed by atoms with Gasteiger partial charge in [0.15, 0.2) is 5.82 Å². The number of hydrogen-bond donors (Lipinski definition) is 0. The fourth-order valence-corrected chi connectivity index (χ4v) is 3.37. The number of benzene rings is 1. The Morgan fingerprint density at radius 1 is 0.931 bits per heavy atom. The minimum Gasteiger partial charge on any atom is -0.354 e. The first kappa shape index (κ1) is 19.4. The standard InChI is InChI=1S/C20H21F3N6/c1-15-6-7-29(26-15)19-12-18(24-14-25-19)28-10-8-27(9-11-28)13-16-2-4-17(5-3-16)20(21,22)23/h2-7,12,14H,8-11,13H2,1H3. The lowest BCUT2D eigenvalue weighted by Crippen LogP contribution is -2.46. The highest BCUT2D eigenvalue weighted by molar-refractivity contribution is 5.43. The van der Waals surface area contributed by atoms with E-state index in [1.54, 1.807) is 16.8 Å². The van der Waals surface area contributed by atoms with E-state index < -0.39 is 11.7 Å². The lowest BCUT2D eigenvalue weighted by molar-refractivity contribution is -0.137. The van der Waals surface area contributed by atoms with Crippen molar-refractivity contribution in [3.8, 4) is 5.82 Å². The highest BCUT2D eigenvalue weighted by atomic mass is 19.4. The second-order valence-electron chi connectivity index (χ2n) is 7.09. The first-order chi connectivity index (χ1) is 13.9. The Balaban J connectivity index is 1.36. The average molecular weight is 402 g/mol. The molecule has 1 aromatic carbocycles. The van der Waals surface area contributed by atoms with Crippen LogP contribution >= 0.6 is 0 Å². The van der Waals surface area contributed by atoms with Gasteiger partial charge in [-0.05, 0) is 30.7 Å². The molecule has 4 rings (SSSR count). The predicted octanol–water partition coefficient (Wildman–Crippen LogP) is 3.31. The number of anilines is 1. The minimum absolute atomic E-state index is 0.613. The van der Waals surface area contributed by atoms with E-state index in [1.807, 2.05) is 25.3 Å². The van der Waals surface area contributed by atoms with Gasteiger partial charge in [-0.25, -0.2) is 14.6 Å². The van der Waals surface area contributed by atoms with Crippen molar-refractivity contribution in [2.24, 2.45) is 0 Å². The molecule has 1 aliphatic rings. The number of alkyl halides is 3. The molecule has 29 heavy (non-hydrogen) atoms. The lowest BCUT2D eigenvalue weighted by Gasteiger charge is -2.35. The second kappa shape index (κ2) is 7.82. The molecule has 0 unspecified atom stereocenters. The van der Waals surface area contributed by atoms with Crippen LogP contribution in [0.2, 0.25) is 0 Å². The van der Waals surface area contributed by atoms with Crippen LogP contribution < -0.4 is 4.90 Å². The van der Waals surface area contributed by atoms with Crippen molar-refractivity contribution in [3.05, 3.63) is 65.7 Å². The molecule has 1 saturated heterocycles. The molecule has 0 bridgehead atoms. The van der Waals surface area contributed by atoms with E-state index in [1.165, 1.54) is 6.33 Å². The Bertz CT molecular complexity index is 959. The first-order valence-electron chi connectivity index (χ1n) is 9.36. The molecule has 0 N–H and O–H groups in total. The van der Waals surface area contributed by atoms with Gasteiger partial charge in [-0.3, -0.25) is 4.90 Å². The van der Waals surface area contributed by atoms with Gasteiger partial charge in [0.05, 0.1) is 11.3 Å². The maximum atomic E-state index is 12.7. The SMILES string of the molecule is Cc1ccn(-c2cc(N3CCN(Cc4ccc(C(F)(F)F)cc4)CC3)ncn2)n1. The van der Waals surface area contributed by atoms with Crippen LogP contribution in [0.4, 0.5) is 19.0 Å². The summed E-state index contributed by atoms with van der Waals surface area (Å²) in [6.07, 6.45) is -0.894. The summed E-state index contributed by atoms with van der Waals surface area (Å²) in [4.78, 5) is 13.1. The lowest BCUT2D eigenvalue weighted by atomic mass is 10.1. The average Bonchev–Trinajstić information content (AvgIpc) is 3.15. The van der Waals surface area contributed by atoms with Crippen LogP contribution in [0.15, 0.2) is 48.9 Å². The maximum absolute atomic E-state index is 12.7. The molecule has 152 valence electrons. The molecular formula is C20H21F3N6. The molecule has 0 amide bonds. The van der Waals surface area contributed by atoms with Gasteiger partial charge in [0, 0.05) is 45.0 Å². The topological polar surface area (TPSA) is 50.1 Å². The summed E-state index contributed by atoms with van der Waals surface area (Å²) in [5.74, 6) is 1.56. The molecule has 0 spiro atoms. The highest BCUT2D eigenvalue weighted by Crippen LogP contribution is 2.29. The number of aromatic nitrogens is 4. The largest absolute Gasteiger partial charge is 0.416 e. The van der Waals surface area contributed by atoms with Gasteiger partial charge < -0.3 is 4.90 Å². The molecule has 3 heterocycles. The van der Waals surface area contributed by atoms with Crippen molar-refractivity contribution in [2.75, 3.05) is 31.1 Å². The third-order valence-corrected chi connectivity index (χ3v) is 4.98. The third kappa shape index (κ3) is 4.56. The van der Waals surface area contributed by atoms with Crippen molar-refractivity contribution in [1.29, 1.82) is 0 Å². The molecule has 0 radical (unpaired) electrons. The number of nitrogens with zero attached hydrogens (tertiary/aromatic N) is 6. The van der Waals surface area contributed by atoms with Gasteiger partial charge in [0.25, 0.3) is 0 Å². The van der Waals surface area contributed by atoms with E-state index >= 15 is 0 Å². The monoisotopic (exact) mass is 402 g/mol. The fourth-order valence-electron chi connectivity index (χ4n) is 3.37. The molecule has 0 aliphatic carbocycles. The van der Waals surface area contributed by atoms with Gasteiger partial charge in [-0.15, -0.1) is 0 Å². The maximum Gasteiger partial charge on any atom is 0.416 e. The van der Waals surface area contributed by atoms with E-state index in [0.29, 0.717) is 6.54 Å². The number of rotatable bonds is 4. The zero-order chi connectivity index (χ0) is 20.4. The van der Waals surface area contributed by atoms with Crippen LogP contribution in [0.3, 0.4) is 0 Å². The predicted molar refractivity (Wildman–Crippen MR) is 103 cm³/mol. The Kier molecular flexibility index (Phi) is 5.23. The van der Waals surface area contributed by atoms with Crippen molar-refractivity contribution in [3.63, 3.8) is 0 Å². The highest BCUT2D eigenvalue weighted by Gasteiger charge is 2.30. The van der Waals surface area contributed by atoms with E-state index in [2.05, 4.69) is 24.9 Å². The van der Waals surface area contributed by atoms with Crippen LogP contribution in [0.5, 0.6) is 0 Å². The molecule has 1 fully saturated rings. The summed E-state index contributed by atoms with van der Waals surface area (Å²) < 4.78 is 39.8. The van der Waals surface area contributed by atoms with Gasteiger partial charge in [-0.1, -0.05) is 12.1 Å². The molecule has 0 saturated carbocycles. The molecule has 1 aliphatic heterocycles. The zero-order valence-corrected chi connectivity index (χ0v) is 16.0. The fraction of sp³-hybridized carbons (Fsp3) is 0.350. The number of hydrogen-bond acceptors (Lipinski definition) is 5. The summed E-state index contributed by atoms with van der Waals surface area (Å²) in [5.41, 5.74) is 1.19. The van der Waals surface area contributed by atoms with Crippen LogP contribution in [0.1, 0.15) is 16.8 Å². The summed E-state index contributed by atoms with van der Waals surface area (Å²) in [5, 5.41) is 4.38. The van der Waals surface area contributed by atoms with Crippen LogP contribution in [-0.2, 0) is 12.7 Å². The van der Waals surface area contributed by atoms with E-state index in [-0.39, 0.29) is 0 Å². The summed E-state index contributed by atoms with van der Waals surface area (Å²) >= 11 is 0. The van der Waals surface area contributed by atoms with Crippen molar-refractivity contribution >= 4 is 5.82 Å². The molecule has 0 atom stereocenters. The summed E-state index contributed by atoms with van der Waals surface area (Å²) in [6, 6.07) is 9.23. The summed E-state index contributed by atoms with van der Waals surface area (Å²) in [7, 11) is 0. The smallest absolute Gasteiger partial charge is 0.354 e. The Morgan fingerprint density at radius 2 is 1.62 bits per heavy atom. The number of aryl methyl sites for hydroxylation is 1. The number of halogens is 3. The van der Waals surface area contributed by atoms with Gasteiger partial charge >= 0.3 is 6.18 Å². The van der Waals surface area contributed by atoms with Gasteiger partial charge in [-0.2, -0.15) is 18.3 Å². The summed E-state index contributed by atoms with van der Waals surface area (Å²) in [6.45, 7) is 5.75. The third-order valence-electron chi connectivity index (χ3n) is 4.98. The van der Waals surface area contributed by atoms with Crippen LogP contribution in [0, 0.1) is 6.92 Å². The Morgan fingerprint density at radius 3 is 2.24 bits per heavy atom. The van der Waals surface area contributed by atoms with E-state index in [4.69, 9.17) is 0 Å². The van der Waals surface area contributed by atoms with Gasteiger partial charge in [0.1, 0.15) is 12.1 Å². The zero-order valence-electron chi connectivity index (χ0n) is 16.0. The van der Waals surface area contributed by atoms with E-state index in [0.717, 1.165) is 61.2 Å². The molecule has 2 aromatic heterocycles. The quantitative estimate of drug-likeness (QED) is 0.670. The first-order valence-corrected chi connectivity index (χ1v) is 9.36. The molecule has 3 aromatic rings. The van der Waals surface area contributed by atoms with Crippen molar-refractivity contribution in [2.45, 2.75) is 19.6 Å². The second-order valence-corrected chi connectivity index (χ2v) is 7.09. The van der Waals surface area contributed by atoms with E-state index in [9.17, 15) is 13.2 Å². The molecule has 6 nitrogen and oxygen atoms in total.